The van der Waals surface area contributed by atoms with Crippen LogP contribution >= 0.6 is 0 Å². The van der Waals surface area contributed by atoms with E-state index in [0.29, 0.717) is 41.5 Å². The summed E-state index contributed by atoms with van der Waals surface area (Å²) in [5, 5.41) is 11.9. The zero-order valence-corrected chi connectivity index (χ0v) is 19.4. The molecule has 178 valence electrons. The maximum Gasteiger partial charge on any atom is 0.303 e. The van der Waals surface area contributed by atoms with Gasteiger partial charge in [0.05, 0.1) is 12.3 Å². The molecule has 7 nitrogen and oxygen atoms in total. The van der Waals surface area contributed by atoms with Crippen LogP contribution in [0.3, 0.4) is 0 Å². The monoisotopic (exact) mass is 470 g/mol. The highest BCUT2D eigenvalue weighted by atomic mass is 16.5. The smallest absolute Gasteiger partial charge is 0.303 e. The first-order chi connectivity index (χ1) is 17.0. The van der Waals surface area contributed by atoms with Gasteiger partial charge in [-0.2, -0.15) is 0 Å². The number of carboxylic acids is 1. The van der Waals surface area contributed by atoms with Gasteiger partial charge in [0.1, 0.15) is 11.5 Å². The first kappa shape index (κ1) is 23.8. The lowest BCUT2D eigenvalue weighted by Gasteiger charge is -2.13. The van der Waals surface area contributed by atoms with Crippen LogP contribution in [0.15, 0.2) is 83.3 Å². The van der Waals surface area contributed by atoms with Gasteiger partial charge < -0.3 is 19.6 Å². The van der Waals surface area contributed by atoms with Gasteiger partial charge in [0.25, 0.3) is 5.91 Å². The molecule has 7 heteroatoms. The van der Waals surface area contributed by atoms with Gasteiger partial charge in [-0.15, -0.1) is 0 Å². The number of ether oxygens (including phenoxy) is 1. The fourth-order valence-corrected chi connectivity index (χ4v) is 3.67. The van der Waals surface area contributed by atoms with Crippen molar-refractivity contribution in [2.24, 2.45) is 0 Å². The first-order valence-corrected chi connectivity index (χ1v) is 11.4. The Kier molecular flexibility index (Phi) is 7.57. The van der Waals surface area contributed by atoms with Crippen LogP contribution in [0.5, 0.6) is 5.75 Å². The van der Waals surface area contributed by atoms with E-state index in [-0.39, 0.29) is 18.7 Å². The van der Waals surface area contributed by atoms with Crippen molar-refractivity contribution in [2.75, 3.05) is 11.9 Å². The summed E-state index contributed by atoms with van der Waals surface area (Å²) in [6, 6.07) is 23.9. The number of nitrogens with zero attached hydrogens (tertiary/aromatic N) is 1. The van der Waals surface area contributed by atoms with Crippen molar-refractivity contribution in [3.63, 3.8) is 0 Å². The van der Waals surface area contributed by atoms with Crippen LogP contribution < -0.4 is 10.1 Å². The van der Waals surface area contributed by atoms with E-state index in [4.69, 9.17) is 14.3 Å². The summed E-state index contributed by atoms with van der Waals surface area (Å²) in [6.45, 7) is 2.22. The van der Waals surface area contributed by atoms with Gasteiger partial charge in [0.15, 0.2) is 0 Å². The lowest BCUT2D eigenvalue weighted by atomic mass is 10.0. The lowest BCUT2D eigenvalue weighted by molar-refractivity contribution is -0.136. The van der Waals surface area contributed by atoms with E-state index in [9.17, 15) is 9.59 Å². The van der Waals surface area contributed by atoms with Crippen LogP contribution in [0.1, 0.15) is 33.8 Å². The Labute approximate surface area is 203 Å². The quantitative estimate of drug-likeness (QED) is 0.315. The van der Waals surface area contributed by atoms with Gasteiger partial charge in [-0.05, 0) is 55.3 Å². The Bertz CT molecular complexity index is 1300. The van der Waals surface area contributed by atoms with Crippen LogP contribution in [0.2, 0.25) is 0 Å². The summed E-state index contributed by atoms with van der Waals surface area (Å²) in [7, 11) is 0. The second-order valence-corrected chi connectivity index (χ2v) is 8.02. The average molecular weight is 471 g/mol. The van der Waals surface area contributed by atoms with E-state index in [0.717, 1.165) is 17.0 Å². The number of carbonyl (C=O) groups is 2. The molecule has 0 fully saturated rings. The van der Waals surface area contributed by atoms with E-state index >= 15 is 0 Å². The molecular weight excluding hydrogens is 444 g/mol. The minimum atomic E-state index is -0.919. The molecule has 0 aliphatic rings. The number of para-hydroxylation sites is 1. The number of benzene rings is 3. The molecule has 0 radical (unpaired) electrons. The van der Waals surface area contributed by atoms with Gasteiger partial charge in [-0.25, -0.2) is 4.98 Å². The zero-order chi connectivity index (χ0) is 24.6. The molecule has 4 aromatic rings. The summed E-state index contributed by atoms with van der Waals surface area (Å²) in [4.78, 5) is 28.6. The molecule has 1 amide bonds. The van der Waals surface area contributed by atoms with E-state index in [1.807, 2.05) is 55.5 Å². The highest BCUT2D eigenvalue weighted by Crippen LogP contribution is 2.24. The molecule has 0 bridgehead atoms. The van der Waals surface area contributed by atoms with Crippen molar-refractivity contribution in [2.45, 2.75) is 26.2 Å². The number of nitrogens with one attached hydrogen (secondary N) is 1. The summed E-state index contributed by atoms with van der Waals surface area (Å²) in [6.07, 6.45) is 0.711. The van der Waals surface area contributed by atoms with E-state index < -0.39 is 5.97 Å². The summed E-state index contributed by atoms with van der Waals surface area (Å²) < 4.78 is 11.7. The maximum atomic E-state index is 13.0. The number of anilines is 1. The number of aliphatic carboxylic acids is 1. The van der Waals surface area contributed by atoms with Crippen molar-refractivity contribution < 1.29 is 23.8 Å². The number of aryl methyl sites for hydroxylation is 2. The maximum absolute atomic E-state index is 13.0. The van der Waals surface area contributed by atoms with Crippen molar-refractivity contribution in [3.05, 3.63) is 101 Å². The van der Waals surface area contributed by atoms with Crippen molar-refractivity contribution in [1.82, 2.24) is 4.98 Å². The van der Waals surface area contributed by atoms with Crippen LogP contribution in [0.25, 0.3) is 11.5 Å². The number of aromatic nitrogens is 1. The molecule has 1 heterocycles. The molecule has 1 aromatic heterocycles. The lowest BCUT2D eigenvalue weighted by Crippen LogP contribution is -2.15. The molecule has 0 unspecified atom stereocenters. The number of rotatable bonds is 10. The molecule has 0 saturated heterocycles. The Morgan fingerprint density at radius 2 is 1.69 bits per heavy atom. The molecule has 0 spiro atoms. The Morgan fingerprint density at radius 1 is 0.971 bits per heavy atom. The number of oxazole rings is 1. The number of amides is 1. The minimum Gasteiger partial charge on any atom is -0.493 e. The normalized spacial score (nSPS) is 10.7. The molecule has 0 atom stereocenters. The fraction of sp³-hybridized carbons (Fsp3) is 0.179. The molecule has 0 aliphatic carbocycles. The van der Waals surface area contributed by atoms with Crippen LogP contribution in [0.4, 0.5) is 5.69 Å². The first-order valence-electron chi connectivity index (χ1n) is 11.4. The topological polar surface area (TPSA) is 102 Å². The van der Waals surface area contributed by atoms with Gasteiger partial charge in [0, 0.05) is 29.7 Å². The third-order valence-electron chi connectivity index (χ3n) is 5.49. The second kappa shape index (κ2) is 11.2. The van der Waals surface area contributed by atoms with E-state index in [1.54, 1.807) is 30.3 Å². The predicted molar refractivity (Wildman–Crippen MR) is 133 cm³/mol. The highest BCUT2D eigenvalue weighted by Gasteiger charge is 2.15. The molecule has 35 heavy (non-hydrogen) atoms. The van der Waals surface area contributed by atoms with Crippen LogP contribution in [-0.2, 0) is 17.6 Å². The Hall–Kier alpha value is -4.39. The summed E-state index contributed by atoms with van der Waals surface area (Å²) in [5.41, 5.74) is 3.41. The van der Waals surface area contributed by atoms with Crippen molar-refractivity contribution in [1.29, 1.82) is 0 Å². The van der Waals surface area contributed by atoms with Crippen LogP contribution in [0, 0.1) is 6.92 Å². The summed E-state index contributed by atoms with van der Waals surface area (Å²) in [5.74, 6) is 0.589. The number of carboxylic acid groups (broad SMARTS) is 1. The van der Waals surface area contributed by atoms with Gasteiger partial charge in [-0.1, -0.05) is 42.5 Å². The molecule has 4 rings (SSSR count). The molecule has 0 saturated carbocycles. The van der Waals surface area contributed by atoms with E-state index in [1.165, 1.54) is 0 Å². The van der Waals surface area contributed by atoms with Crippen molar-refractivity contribution >= 4 is 17.6 Å². The Balaban J connectivity index is 1.46. The van der Waals surface area contributed by atoms with Gasteiger partial charge in [-0.3, -0.25) is 9.59 Å². The number of hydrogen-bond acceptors (Lipinski definition) is 5. The molecule has 2 N–H and O–H groups in total. The second-order valence-electron chi connectivity index (χ2n) is 8.02. The third-order valence-corrected chi connectivity index (χ3v) is 5.49. The number of carbonyl (C=O) groups excluding carboxylic acids is 1. The largest absolute Gasteiger partial charge is 0.493 e. The third kappa shape index (κ3) is 6.35. The Morgan fingerprint density at radius 3 is 2.40 bits per heavy atom. The predicted octanol–water partition coefficient (Wildman–Crippen LogP) is 5.54. The fourth-order valence-electron chi connectivity index (χ4n) is 3.67. The summed E-state index contributed by atoms with van der Waals surface area (Å²) >= 11 is 0. The highest BCUT2D eigenvalue weighted by molar-refractivity contribution is 6.05. The molecule has 3 aromatic carbocycles. The minimum absolute atomic E-state index is 0.0684. The zero-order valence-electron chi connectivity index (χ0n) is 19.4. The average Bonchev–Trinajstić information content (AvgIpc) is 3.24. The van der Waals surface area contributed by atoms with Gasteiger partial charge in [0.2, 0.25) is 5.89 Å². The molecule has 0 aliphatic heterocycles. The van der Waals surface area contributed by atoms with Crippen LogP contribution in [-0.4, -0.2) is 28.6 Å². The standard InChI is InChI=1S/C28H26N2O5/c1-19-25(30-28(35-19)21-8-4-2-5-9-21)16-17-34-23-14-12-20(13-15-26(31)32)24(18-23)27(33)29-22-10-6-3-7-11-22/h2-12,14,18H,13,15-17H2,1H3,(H,29,33)(H,31,32). The SMILES string of the molecule is Cc1oc(-c2ccccc2)nc1CCOc1ccc(CCC(=O)O)c(C(=O)Nc2ccccc2)c1. The number of hydrogen-bond donors (Lipinski definition) is 2. The molecular formula is C28H26N2O5. The van der Waals surface area contributed by atoms with Gasteiger partial charge >= 0.3 is 5.97 Å². The van der Waals surface area contributed by atoms with Crippen molar-refractivity contribution in [3.8, 4) is 17.2 Å². The van der Waals surface area contributed by atoms with E-state index in [2.05, 4.69) is 10.3 Å².